The molecule has 0 fully saturated rings. The van der Waals surface area contributed by atoms with E-state index >= 15 is 0 Å². The van der Waals surface area contributed by atoms with Crippen molar-refractivity contribution >= 4 is 36.8 Å². The minimum absolute atomic E-state index is 0.218. The van der Waals surface area contributed by atoms with Crippen molar-refractivity contribution < 1.29 is 19.8 Å². The molecule has 1 aromatic heterocycles. The number of benzene rings is 1. The van der Waals surface area contributed by atoms with Gasteiger partial charge in [0.15, 0.2) is 5.69 Å². The van der Waals surface area contributed by atoms with E-state index in [4.69, 9.17) is 16.7 Å². The summed E-state index contributed by atoms with van der Waals surface area (Å²) in [7, 11) is 1.64. The molecule has 0 saturated carbocycles. The van der Waals surface area contributed by atoms with Crippen molar-refractivity contribution in [2.24, 2.45) is 0 Å². The van der Waals surface area contributed by atoms with Gasteiger partial charge in [0.2, 0.25) is 0 Å². The number of nitrogens with zero attached hydrogens (tertiary/aromatic N) is 1. The Morgan fingerprint density at radius 1 is 1.36 bits per heavy atom. The van der Waals surface area contributed by atoms with Gasteiger partial charge in [0, 0.05) is 11.2 Å². The molecule has 0 aliphatic heterocycles. The van der Waals surface area contributed by atoms with Gasteiger partial charge in [-0.1, -0.05) is 23.7 Å². The van der Waals surface area contributed by atoms with Gasteiger partial charge in [0.25, 0.3) is 5.91 Å². The monoisotopic (exact) mass is 318 g/mol. The topological polar surface area (TPSA) is 99.5 Å². The van der Waals surface area contributed by atoms with Crippen LogP contribution in [0.15, 0.2) is 30.5 Å². The van der Waals surface area contributed by atoms with Crippen LogP contribution in [0, 0.1) is 0 Å². The zero-order valence-corrected chi connectivity index (χ0v) is 12.4. The van der Waals surface area contributed by atoms with Crippen molar-refractivity contribution in [3.05, 3.63) is 41.2 Å². The van der Waals surface area contributed by atoms with Gasteiger partial charge in [-0.3, -0.25) is 9.59 Å². The number of aromatic hydroxyl groups is 1. The summed E-state index contributed by atoms with van der Waals surface area (Å²) < 4.78 is 0. The molecule has 0 spiro atoms. The molecular weight excluding hydrogens is 306 g/mol. The fraction of sp³-hybridized carbons (Fsp3) is 0.0714. The summed E-state index contributed by atoms with van der Waals surface area (Å²) in [6, 6.07) is 7.01. The van der Waals surface area contributed by atoms with Crippen LogP contribution in [0.2, 0.25) is 5.02 Å². The first-order valence-corrected chi connectivity index (χ1v) is 6.72. The first-order chi connectivity index (χ1) is 10.4. The normalized spacial score (nSPS) is 10.2. The number of carbonyl (C=O) groups excluding carboxylic acids is 1. The fourth-order valence-corrected chi connectivity index (χ4v) is 2.14. The van der Waals surface area contributed by atoms with Crippen LogP contribution < -0.4 is 10.8 Å². The van der Waals surface area contributed by atoms with Gasteiger partial charge in [0.1, 0.15) is 20.1 Å². The van der Waals surface area contributed by atoms with Gasteiger partial charge in [-0.15, -0.1) is 0 Å². The Morgan fingerprint density at radius 3 is 2.73 bits per heavy atom. The van der Waals surface area contributed by atoms with Crippen LogP contribution in [0.25, 0.3) is 11.1 Å². The highest BCUT2D eigenvalue weighted by Crippen LogP contribution is 2.24. The second kappa shape index (κ2) is 6.49. The smallest absolute Gasteiger partial charge is 0.322 e. The number of hydrogen-bond donors (Lipinski definition) is 3. The molecule has 2 aromatic rings. The van der Waals surface area contributed by atoms with Gasteiger partial charge >= 0.3 is 5.97 Å². The van der Waals surface area contributed by atoms with Crippen LogP contribution in [0.3, 0.4) is 0 Å². The average Bonchev–Trinajstić information content (AvgIpc) is 2.47. The van der Waals surface area contributed by atoms with Gasteiger partial charge in [-0.2, -0.15) is 0 Å². The molecule has 0 radical (unpaired) electrons. The van der Waals surface area contributed by atoms with E-state index in [1.807, 2.05) is 0 Å². The van der Waals surface area contributed by atoms with E-state index in [-0.39, 0.29) is 11.4 Å². The van der Waals surface area contributed by atoms with Crippen LogP contribution in [0.4, 0.5) is 0 Å². The number of amides is 1. The molecule has 1 heterocycles. The molecule has 0 bridgehead atoms. The van der Waals surface area contributed by atoms with E-state index < -0.39 is 18.4 Å². The Kier molecular flexibility index (Phi) is 4.67. The van der Waals surface area contributed by atoms with Crippen molar-refractivity contribution in [3.8, 4) is 16.9 Å². The number of carbonyl (C=O) groups is 2. The summed E-state index contributed by atoms with van der Waals surface area (Å²) in [4.78, 5) is 26.2. The number of nitrogens with one attached hydrogen (secondary N) is 1. The molecule has 6 nitrogen and oxygen atoms in total. The third kappa shape index (κ3) is 3.37. The average molecular weight is 319 g/mol. The summed E-state index contributed by atoms with van der Waals surface area (Å²) in [6.07, 6.45) is 1.44. The highest BCUT2D eigenvalue weighted by atomic mass is 35.5. The molecule has 3 N–H and O–H groups in total. The molecular formula is C14H12BClN2O4. The lowest BCUT2D eigenvalue weighted by atomic mass is 9.86. The number of halogens is 1. The summed E-state index contributed by atoms with van der Waals surface area (Å²) in [5.74, 6) is -2.22. The van der Waals surface area contributed by atoms with Crippen molar-refractivity contribution in [1.29, 1.82) is 0 Å². The molecule has 8 heteroatoms. The van der Waals surface area contributed by atoms with Crippen LogP contribution in [-0.2, 0) is 4.79 Å². The largest absolute Gasteiger partial charge is 0.506 e. The van der Waals surface area contributed by atoms with Crippen molar-refractivity contribution in [3.63, 3.8) is 0 Å². The summed E-state index contributed by atoms with van der Waals surface area (Å²) in [6.45, 7) is -0.547. The van der Waals surface area contributed by atoms with Crippen LogP contribution in [-0.4, -0.2) is 41.5 Å². The predicted octanol–water partition coefficient (Wildman–Crippen LogP) is 0.180. The molecule has 112 valence electrons. The first kappa shape index (κ1) is 15.8. The maximum Gasteiger partial charge on any atom is 0.322 e. The molecule has 1 aromatic carbocycles. The molecule has 2 rings (SSSR count). The van der Waals surface area contributed by atoms with E-state index in [1.54, 1.807) is 32.1 Å². The number of aliphatic carboxylic acids is 1. The van der Waals surface area contributed by atoms with Gasteiger partial charge < -0.3 is 15.5 Å². The third-order valence-electron chi connectivity index (χ3n) is 3.06. The van der Waals surface area contributed by atoms with E-state index in [0.717, 1.165) is 5.56 Å². The Labute approximate surface area is 132 Å². The summed E-state index contributed by atoms with van der Waals surface area (Å²) >= 11 is 5.94. The lowest BCUT2D eigenvalue weighted by molar-refractivity contribution is -0.135. The quantitative estimate of drug-likeness (QED) is 0.698. The standard InChI is InChI=1S/C14H12BClN2O4/c15-11-9(7-2-1-3-8(16)4-7)5-17-12(13(11)21)14(22)18-6-10(19)20/h1-5,21H,6,15H2,(H,18,22)(H,19,20). The number of aromatic nitrogens is 1. The third-order valence-corrected chi connectivity index (χ3v) is 3.29. The zero-order chi connectivity index (χ0) is 16.3. The highest BCUT2D eigenvalue weighted by Gasteiger charge is 2.18. The van der Waals surface area contributed by atoms with E-state index in [0.29, 0.717) is 16.0 Å². The number of hydrogen-bond acceptors (Lipinski definition) is 4. The minimum Gasteiger partial charge on any atom is -0.506 e. The molecule has 22 heavy (non-hydrogen) atoms. The van der Waals surface area contributed by atoms with Gasteiger partial charge in [-0.05, 0) is 28.7 Å². The second-order valence-electron chi connectivity index (χ2n) is 4.58. The lowest BCUT2D eigenvalue weighted by Crippen LogP contribution is -2.31. The van der Waals surface area contributed by atoms with Crippen molar-refractivity contribution in [1.82, 2.24) is 10.3 Å². The number of pyridine rings is 1. The Balaban J connectivity index is 2.37. The van der Waals surface area contributed by atoms with Crippen LogP contribution in [0.5, 0.6) is 5.75 Å². The molecule has 0 aliphatic carbocycles. The number of carboxylic acids is 1. The lowest BCUT2D eigenvalue weighted by Gasteiger charge is -2.11. The Morgan fingerprint density at radius 2 is 2.09 bits per heavy atom. The zero-order valence-electron chi connectivity index (χ0n) is 11.6. The van der Waals surface area contributed by atoms with Gasteiger partial charge in [-0.25, -0.2) is 4.98 Å². The number of carboxylic acid groups (broad SMARTS) is 1. The van der Waals surface area contributed by atoms with E-state index in [1.165, 1.54) is 6.20 Å². The second-order valence-corrected chi connectivity index (χ2v) is 5.02. The molecule has 0 unspecified atom stereocenters. The van der Waals surface area contributed by atoms with Crippen molar-refractivity contribution in [2.75, 3.05) is 6.54 Å². The summed E-state index contributed by atoms with van der Waals surface area (Å²) in [5.41, 5.74) is 1.63. The molecule has 1 amide bonds. The Bertz CT molecular complexity index is 752. The molecule has 0 saturated heterocycles. The SMILES string of the molecule is Bc1c(-c2cccc(Cl)c2)cnc(C(=O)NCC(=O)O)c1O. The first-order valence-electron chi connectivity index (χ1n) is 6.34. The highest BCUT2D eigenvalue weighted by molar-refractivity contribution is 6.38. The van der Waals surface area contributed by atoms with Gasteiger partial charge in [0.05, 0.1) is 0 Å². The van der Waals surface area contributed by atoms with Crippen LogP contribution in [0.1, 0.15) is 10.5 Å². The van der Waals surface area contributed by atoms with E-state index in [2.05, 4.69) is 10.3 Å². The fourth-order valence-electron chi connectivity index (χ4n) is 1.95. The summed E-state index contributed by atoms with van der Waals surface area (Å²) in [5, 5.41) is 21.4. The minimum atomic E-state index is -1.18. The van der Waals surface area contributed by atoms with Crippen molar-refractivity contribution in [2.45, 2.75) is 0 Å². The number of rotatable bonds is 4. The molecule has 0 aliphatic rings. The Hall–Kier alpha value is -2.54. The molecule has 0 atom stereocenters. The van der Waals surface area contributed by atoms with Crippen LogP contribution >= 0.6 is 11.6 Å². The predicted molar refractivity (Wildman–Crippen MR) is 84.5 cm³/mol. The van der Waals surface area contributed by atoms with E-state index in [9.17, 15) is 14.7 Å². The maximum atomic E-state index is 11.8. The maximum absolute atomic E-state index is 11.8.